The number of halogens is 1. The number of hydrogen-bond acceptors (Lipinski definition) is 3. The fourth-order valence-electron chi connectivity index (χ4n) is 2.02. The summed E-state index contributed by atoms with van der Waals surface area (Å²) in [6, 6.07) is 7.71. The predicted octanol–water partition coefficient (Wildman–Crippen LogP) is 3.27. The number of rotatable bonds is 9. The number of aryl methyl sites for hydroxylation is 1. The molecule has 0 aliphatic carbocycles. The second-order valence-corrected chi connectivity index (χ2v) is 6.49. The summed E-state index contributed by atoms with van der Waals surface area (Å²) in [5, 5.41) is 2.75. The number of carbonyl (C=O) groups excluding carboxylic acids is 2. The van der Waals surface area contributed by atoms with Crippen LogP contribution in [0.5, 0.6) is 0 Å². The maximum atomic E-state index is 12.1. The first-order chi connectivity index (χ1) is 10.3. The van der Waals surface area contributed by atoms with Crippen molar-refractivity contribution in [1.29, 1.82) is 0 Å². The molecular formula is C18H29ClN2O2. The van der Waals surface area contributed by atoms with Gasteiger partial charge in [0.15, 0.2) is 5.78 Å². The van der Waals surface area contributed by atoms with Crippen LogP contribution >= 0.6 is 12.4 Å². The lowest BCUT2D eigenvalue weighted by molar-refractivity contribution is -0.121. The van der Waals surface area contributed by atoms with Crippen molar-refractivity contribution in [2.75, 3.05) is 6.54 Å². The molecule has 0 aromatic heterocycles. The van der Waals surface area contributed by atoms with E-state index in [9.17, 15) is 9.59 Å². The van der Waals surface area contributed by atoms with Crippen molar-refractivity contribution in [3.8, 4) is 0 Å². The predicted molar refractivity (Wildman–Crippen MR) is 97.1 cm³/mol. The maximum absolute atomic E-state index is 12.1. The van der Waals surface area contributed by atoms with Gasteiger partial charge in [0.25, 0.3) is 0 Å². The Bertz CT molecular complexity index is 493. The average Bonchev–Trinajstić information content (AvgIpc) is 2.48. The standard InChI is InChI=1S/C18H28N2O2.ClH/c1-4-5-6-14-7-9-15(10-8-14)16(21)11-12-17(22)20-13-18(2,3)19;/h7-10H,4-6,11-13,19H2,1-3H3,(H,20,22);1H. The normalized spacial score (nSPS) is 10.8. The highest BCUT2D eigenvalue weighted by Gasteiger charge is 2.13. The van der Waals surface area contributed by atoms with Gasteiger partial charge in [0, 0.05) is 30.5 Å². The Hall–Kier alpha value is -1.39. The third-order valence-corrected chi connectivity index (χ3v) is 3.42. The molecule has 0 atom stereocenters. The molecule has 1 aromatic rings. The van der Waals surface area contributed by atoms with Gasteiger partial charge in [-0.2, -0.15) is 0 Å². The molecule has 0 spiro atoms. The second kappa shape index (κ2) is 10.4. The minimum absolute atomic E-state index is 0. The number of unbranched alkanes of at least 4 members (excludes halogenated alkanes) is 1. The highest BCUT2D eigenvalue weighted by Crippen LogP contribution is 2.10. The number of carbonyl (C=O) groups is 2. The van der Waals surface area contributed by atoms with E-state index in [4.69, 9.17) is 5.73 Å². The van der Waals surface area contributed by atoms with Crippen LogP contribution in [0.2, 0.25) is 0 Å². The van der Waals surface area contributed by atoms with Crippen LogP contribution in [0, 0.1) is 0 Å². The molecule has 5 heteroatoms. The summed E-state index contributed by atoms with van der Waals surface area (Å²) in [5.41, 5.74) is 7.29. The number of benzene rings is 1. The van der Waals surface area contributed by atoms with E-state index in [1.54, 1.807) is 0 Å². The third-order valence-electron chi connectivity index (χ3n) is 3.42. The van der Waals surface area contributed by atoms with Crippen LogP contribution in [0.3, 0.4) is 0 Å². The number of nitrogens with two attached hydrogens (primary N) is 1. The Morgan fingerprint density at radius 1 is 1.13 bits per heavy atom. The summed E-state index contributed by atoms with van der Waals surface area (Å²) in [5.74, 6) is -0.129. The minimum Gasteiger partial charge on any atom is -0.354 e. The molecular weight excluding hydrogens is 312 g/mol. The molecule has 0 aliphatic heterocycles. The highest BCUT2D eigenvalue weighted by molar-refractivity contribution is 5.97. The molecule has 3 N–H and O–H groups in total. The first-order valence-electron chi connectivity index (χ1n) is 7.99. The largest absolute Gasteiger partial charge is 0.354 e. The van der Waals surface area contributed by atoms with Crippen LogP contribution in [0.1, 0.15) is 62.4 Å². The van der Waals surface area contributed by atoms with Gasteiger partial charge in [0.1, 0.15) is 0 Å². The molecule has 0 saturated heterocycles. The quantitative estimate of drug-likeness (QED) is 0.678. The third kappa shape index (κ3) is 9.36. The molecule has 0 saturated carbocycles. The van der Waals surface area contributed by atoms with Crippen molar-refractivity contribution in [1.82, 2.24) is 5.32 Å². The summed E-state index contributed by atoms with van der Waals surface area (Å²) in [4.78, 5) is 23.7. The highest BCUT2D eigenvalue weighted by atomic mass is 35.5. The van der Waals surface area contributed by atoms with Crippen molar-refractivity contribution < 1.29 is 9.59 Å². The van der Waals surface area contributed by atoms with Crippen LogP contribution in [0.15, 0.2) is 24.3 Å². The van der Waals surface area contributed by atoms with Crippen molar-refractivity contribution in [3.63, 3.8) is 0 Å². The minimum atomic E-state index is -0.437. The first-order valence-corrected chi connectivity index (χ1v) is 7.99. The van der Waals surface area contributed by atoms with E-state index in [0.717, 1.165) is 19.3 Å². The molecule has 0 radical (unpaired) electrons. The molecule has 1 rings (SSSR count). The van der Waals surface area contributed by atoms with Crippen molar-refractivity contribution in [2.24, 2.45) is 5.73 Å². The van der Waals surface area contributed by atoms with E-state index in [0.29, 0.717) is 12.1 Å². The molecule has 0 bridgehead atoms. The van der Waals surface area contributed by atoms with Crippen LogP contribution in [-0.2, 0) is 11.2 Å². The molecule has 0 aliphatic rings. The van der Waals surface area contributed by atoms with E-state index in [2.05, 4.69) is 12.2 Å². The zero-order valence-electron chi connectivity index (χ0n) is 14.4. The van der Waals surface area contributed by atoms with Gasteiger partial charge in [-0.25, -0.2) is 0 Å². The fraction of sp³-hybridized carbons (Fsp3) is 0.556. The molecule has 0 fully saturated rings. The van der Waals surface area contributed by atoms with Gasteiger partial charge in [0.05, 0.1) is 0 Å². The van der Waals surface area contributed by atoms with Crippen molar-refractivity contribution in [3.05, 3.63) is 35.4 Å². The summed E-state index contributed by atoms with van der Waals surface area (Å²) in [6.45, 7) is 6.26. The van der Waals surface area contributed by atoms with Gasteiger partial charge in [-0.15, -0.1) is 12.4 Å². The topological polar surface area (TPSA) is 72.2 Å². The summed E-state index contributed by atoms with van der Waals surface area (Å²) < 4.78 is 0. The van der Waals surface area contributed by atoms with Gasteiger partial charge in [-0.3, -0.25) is 9.59 Å². The molecule has 1 aromatic carbocycles. The van der Waals surface area contributed by atoms with E-state index >= 15 is 0 Å². The van der Waals surface area contributed by atoms with Gasteiger partial charge in [-0.1, -0.05) is 37.6 Å². The Balaban J connectivity index is 0.00000484. The van der Waals surface area contributed by atoms with Gasteiger partial charge < -0.3 is 11.1 Å². The lowest BCUT2D eigenvalue weighted by Gasteiger charge is -2.18. The lowest BCUT2D eigenvalue weighted by atomic mass is 10.0. The number of ketones is 1. The van der Waals surface area contributed by atoms with E-state index in [1.165, 1.54) is 5.56 Å². The Morgan fingerprint density at radius 2 is 1.74 bits per heavy atom. The number of amides is 1. The van der Waals surface area contributed by atoms with E-state index in [-0.39, 0.29) is 36.9 Å². The SMILES string of the molecule is CCCCc1ccc(C(=O)CCC(=O)NCC(C)(C)N)cc1.Cl. The Labute approximate surface area is 145 Å². The average molecular weight is 341 g/mol. The molecule has 0 unspecified atom stereocenters. The molecule has 0 heterocycles. The zero-order valence-corrected chi connectivity index (χ0v) is 15.2. The summed E-state index contributed by atoms with van der Waals surface area (Å²) in [6.07, 6.45) is 3.79. The van der Waals surface area contributed by atoms with Crippen molar-refractivity contribution in [2.45, 2.75) is 58.4 Å². The van der Waals surface area contributed by atoms with Gasteiger partial charge in [-0.05, 0) is 32.3 Å². The lowest BCUT2D eigenvalue weighted by Crippen LogP contribution is -2.45. The van der Waals surface area contributed by atoms with E-state index in [1.807, 2.05) is 38.1 Å². The number of hydrogen-bond donors (Lipinski definition) is 2. The summed E-state index contributed by atoms with van der Waals surface area (Å²) >= 11 is 0. The van der Waals surface area contributed by atoms with Crippen LogP contribution in [0.25, 0.3) is 0 Å². The molecule has 1 amide bonds. The summed E-state index contributed by atoms with van der Waals surface area (Å²) in [7, 11) is 0. The first kappa shape index (κ1) is 21.6. The van der Waals surface area contributed by atoms with Gasteiger partial charge >= 0.3 is 0 Å². The second-order valence-electron chi connectivity index (χ2n) is 6.49. The van der Waals surface area contributed by atoms with Crippen LogP contribution < -0.4 is 11.1 Å². The zero-order chi connectivity index (χ0) is 16.6. The van der Waals surface area contributed by atoms with E-state index < -0.39 is 5.54 Å². The monoisotopic (exact) mass is 340 g/mol. The Kier molecular flexibility index (Phi) is 9.77. The fourth-order valence-corrected chi connectivity index (χ4v) is 2.02. The molecule has 4 nitrogen and oxygen atoms in total. The number of Topliss-reactive ketones (excluding diaryl/α,β-unsaturated/α-hetero) is 1. The maximum Gasteiger partial charge on any atom is 0.220 e. The smallest absolute Gasteiger partial charge is 0.220 e. The molecule has 23 heavy (non-hydrogen) atoms. The molecule has 130 valence electrons. The Morgan fingerprint density at radius 3 is 2.26 bits per heavy atom. The number of nitrogens with one attached hydrogen (secondary N) is 1. The van der Waals surface area contributed by atoms with Gasteiger partial charge in [0.2, 0.25) is 5.91 Å². The van der Waals surface area contributed by atoms with Crippen molar-refractivity contribution >= 4 is 24.1 Å². The van der Waals surface area contributed by atoms with Crippen LogP contribution in [0.4, 0.5) is 0 Å². The van der Waals surface area contributed by atoms with Crippen LogP contribution in [-0.4, -0.2) is 23.8 Å².